The number of hydrogen-bond acceptors (Lipinski definition) is 4. The minimum atomic E-state index is -0.512. The number of rotatable bonds is 7. The summed E-state index contributed by atoms with van der Waals surface area (Å²) in [4.78, 5) is 22.3. The summed E-state index contributed by atoms with van der Waals surface area (Å²) >= 11 is 0. The van der Waals surface area contributed by atoms with E-state index in [-0.39, 0.29) is 23.7 Å². The first-order valence-electron chi connectivity index (χ1n) is 6.52. The molecule has 1 aromatic carbocycles. The summed E-state index contributed by atoms with van der Waals surface area (Å²) in [5.74, 6) is -0.234. The van der Waals surface area contributed by atoms with Gasteiger partial charge in [-0.1, -0.05) is 12.1 Å². The molecule has 2 rings (SSSR count). The van der Waals surface area contributed by atoms with Gasteiger partial charge in [0.15, 0.2) is 5.76 Å². The second kappa shape index (κ2) is 7.21. The minimum absolute atomic E-state index is 0.00906. The van der Waals surface area contributed by atoms with E-state index in [9.17, 15) is 14.0 Å². The molecule has 0 spiro atoms. The highest BCUT2D eigenvalue weighted by atomic mass is 19.1. The molecule has 1 heterocycles. The summed E-state index contributed by atoms with van der Waals surface area (Å²) in [5, 5.41) is 11.3. The SMILES string of the molecule is O=CNC/C(=C/O)C(=O)c1ccc(Cc2ccc(F)cc2)o1. The predicted octanol–water partition coefficient (Wildman–Crippen LogP) is 2.38. The zero-order chi connectivity index (χ0) is 15.9. The molecule has 0 unspecified atom stereocenters. The quantitative estimate of drug-likeness (QED) is 0.356. The molecule has 114 valence electrons. The second-order valence-corrected chi connectivity index (χ2v) is 4.55. The summed E-state index contributed by atoms with van der Waals surface area (Å²) in [6, 6.07) is 9.09. The number of amides is 1. The maximum atomic E-state index is 12.8. The summed E-state index contributed by atoms with van der Waals surface area (Å²) < 4.78 is 18.3. The lowest BCUT2D eigenvalue weighted by Crippen LogP contribution is -2.19. The molecule has 0 aliphatic rings. The van der Waals surface area contributed by atoms with Gasteiger partial charge in [-0.2, -0.15) is 0 Å². The minimum Gasteiger partial charge on any atom is -0.515 e. The van der Waals surface area contributed by atoms with Gasteiger partial charge in [0.2, 0.25) is 12.2 Å². The molecule has 6 heteroatoms. The van der Waals surface area contributed by atoms with Crippen molar-refractivity contribution >= 4 is 12.2 Å². The smallest absolute Gasteiger partial charge is 0.229 e. The van der Waals surface area contributed by atoms with Crippen LogP contribution < -0.4 is 5.32 Å². The van der Waals surface area contributed by atoms with E-state index < -0.39 is 5.78 Å². The molecule has 2 aromatic rings. The number of carbonyl (C=O) groups is 2. The molecule has 1 amide bonds. The highest BCUT2D eigenvalue weighted by Gasteiger charge is 2.16. The van der Waals surface area contributed by atoms with Crippen LogP contribution in [-0.2, 0) is 11.2 Å². The molecular formula is C16H14FNO4. The molecule has 0 fully saturated rings. The Morgan fingerprint density at radius 2 is 1.95 bits per heavy atom. The zero-order valence-corrected chi connectivity index (χ0v) is 11.6. The number of benzene rings is 1. The molecule has 2 N–H and O–H groups in total. The molecule has 1 aromatic heterocycles. The molecule has 0 aliphatic carbocycles. The van der Waals surface area contributed by atoms with Gasteiger partial charge in [-0.3, -0.25) is 9.59 Å². The zero-order valence-electron chi connectivity index (χ0n) is 11.6. The Bertz CT molecular complexity index is 688. The molecule has 0 radical (unpaired) electrons. The number of carbonyl (C=O) groups excluding carboxylic acids is 2. The van der Waals surface area contributed by atoms with Gasteiger partial charge in [0.1, 0.15) is 11.6 Å². The van der Waals surface area contributed by atoms with Crippen molar-refractivity contribution in [3.8, 4) is 0 Å². The first-order chi connectivity index (χ1) is 10.6. The van der Waals surface area contributed by atoms with Gasteiger partial charge < -0.3 is 14.8 Å². The standard InChI is InChI=1S/C16H14FNO4/c17-13-3-1-11(2-4-13)7-14-5-6-15(22-14)16(21)12(9-19)8-18-10-20/h1-6,9-10,19H,7-8H2,(H,18,20)/b12-9-. The lowest BCUT2D eigenvalue weighted by Gasteiger charge is -2.02. The van der Waals surface area contributed by atoms with E-state index in [1.54, 1.807) is 18.2 Å². The van der Waals surface area contributed by atoms with Crippen molar-refractivity contribution in [2.45, 2.75) is 6.42 Å². The Morgan fingerprint density at radius 1 is 1.23 bits per heavy atom. The van der Waals surface area contributed by atoms with Gasteiger partial charge in [0, 0.05) is 13.0 Å². The van der Waals surface area contributed by atoms with Crippen molar-refractivity contribution in [3.05, 3.63) is 71.1 Å². The van der Waals surface area contributed by atoms with Crippen LogP contribution in [0.1, 0.15) is 21.9 Å². The maximum absolute atomic E-state index is 12.8. The van der Waals surface area contributed by atoms with Crippen LogP contribution in [0, 0.1) is 5.82 Å². The van der Waals surface area contributed by atoms with Crippen molar-refractivity contribution in [1.82, 2.24) is 5.32 Å². The molecule has 0 saturated heterocycles. The number of hydrogen-bond donors (Lipinski definition) is 2. The molecule has 5 nitrogen and oxygen atoms in total. The Balaban J connectivity index is 2.08. The first kappa shape index (κ1) is 15.5. The lowest BCUT2D eigenvalue weighted by atomic mass is 10.1. The van der Waals surface area contributed by atoms with Gasteiger partial charge >= 0.3 is 0 Å². The fourth-order valence-electron chi connectivity index (χ4n) is 1.89. The monoisotopic (exact) mass is 303 g/mol. The van der Waals surface area contributed by atoms with E-state index in [0.29, 0.717) is 24.9 Å². The van der Waals surface area contributed by atoms with Gasteiger partial charge in [0.25, 0.3) is 0 Å². The predicted molar refractivity (Wildman–Crippen MR) is 77.0 cm³/mol. The third-order valence-electron chi connectivity index (χ3n) is 3.00. The molecule has 0 aliphatic heterocycles. The van der Waals surface area contributed by atoms with Crippen LogP contribution in [0.2, 0.25) is 0 Å². The number of furan rings is 1. The van der Waals surface area contributed by atoms with Crippen LogP contribution in [0.25, 0.3) is 0 Å². The van der Waals surface area contributed by atoms with E-state index >= 15 is 0 Å². The van der Waals surface area contributed by atoms with E-state index in [1.165, 1.54) is 18.2 Å². The summed E-state index contributed by atoms with van der Waals surface area (Å²) in [7, 11) is 0. The fraction of sp³-hybridized carbons (Fsp3) is 0.125. The third-order valence-corrected chi connectivity index (χ3v) is 3.00. The van der Waals surface area contributed by atoms with Gasteiger partial charge in [0.05, 0.1) is 11.8 Å². The van der Waals surface area contributed by atoms with Gasteiger partial charge in [-0.05, 0) is 29.8 Å². The van der Waals surface area contributed by atoms with Crippen molar-refractivity contribution in [2.75, 3.05) is 6.54 Å². The summed E-state index contributed by atoms with van der Waals surface area (Å²) in [5.41, 5.74) is 0.852. The highest BCUT2D eigenvalue weighted by Crippen LogP contribution is 2.16. The number of nitrogens with one attached hydrogen (secondary N) is 1. The normalized spacial score (nSPS) is 11.2. The number of aliphatic hydroxyl groups is 1. The highest BCUT2D eigenvalue weighted by molar-refractivity contribution is 6.07. The molecule has 22 heavy (non-hydrogen) atoms. The van der Waals surface area contributed by atoms with Crippen LogP contribution in [0.15, 0.2) is 52.7 Å². The van der Waals surface area contributed by atoms with Crippen molar-refractivity contribution in [2.24, 2.45) is 0 Å². The summed E-state index contributed by atoms with van der Waals surface area (Å²) in [6.45, 7) is -0.0904. The number of aliphatic hydroxyl groups excluding tert-OH is 1. The van der Waals surface area contributed by atoms with Crippen LogP contribution in [0.4, 0.5) is 4.39 Å². The van der Waals surface area contributed by atoms with E-state index in [2.05, 4.69) is 5.32 Å². The second-order valence-electron chi connectivity index (χ2n) is 4.55. The Kier molecular flexibility index (Phi) is 5.08. The van der Waals surface area contributed by atoms with E-state index in [4.69, 9.17) is 9.52 Å². The Morgan fingerprint density at radius 3 is 2.59 bits per heavy atom. The lowest BCUT2D eigenvalue weighted by molar-refractivity contribution is -0.109. The summed E-state index contributed by atoms with van der Waals surface area (Å²) in [6.07, 6.45) is 1.48. The molecular weight excluding hydrogens is 289 g/mol. The average Bonchev–Trinajstić information content (AvgIpc) is 2.98. The van der Waals surface area contributed by atoms with Crippen LogP contribution in [0.3, 0.4) is 0 Å². The van der Waals surface area contributed by atoms with Crippen molar-refractivity contribution in [3.63, 3.8) is 0 Å². The number of Topliss-reactive ketones (excluding diaryl/α,β-unsaturated/α-hetero) is 1. The van der Waals surface area contributed by atoms with Crippen molar-refractivity contribution in [1.29, 1.82) is 0 Å². The Labute approximate surface area is 126 Å². The van der Waals surface area contributed by atoms with E-state index in [0.717, 1.165) is 5.56 Å². The fourth-order valence-corrected chi connectivity index (χ4v) is 1.89. The third kappa shape index (κ3) is 3.82. The average molecular weight is 303 g/mol. The molecule has 0 saturated carbocycles. The van der Waals surface area contributed by atoms with Crippen molar-refractivity contribution < 1.29 is 23.5 Å². The van der Waals surface area contributed by atoms with E-state index in [1.807, 2.05) is 0 Å². The maximum Gasteiger partial charge on any atom is 0.229 e. The Hall–Kier alpha value is -2.89. The van der Waals surface area contributed by atoms with Gasteiger partial charge in [-0.15, -0.1) is 0 Å². The molecule has 0 bridgehead atoms. The number of halogens is 1. The first-order valence-corrected chi connectivity index (χ1v) is 6.52. The van der Waals surface area contributed by atoms with Gasteiger partial charge in [-0.25, -0.2) is 4.39 Å². The van der Waals surface area contributed by atoms with Crippen LogP contribution in [0.5, 0.6) is 0 Å². The number of ketones is 1. The largest absolute Gasteiger partial charge is 0.515 e. The molecule has 0 atom stereocenters. The topological polar surface area (TPSA) is 79.5 Å². The van der Waals surface area contributed by atoms with Crippen LogP contribution >= 0.6 is 0 Å². The van der Waals surface area contributed by atoms with Crippen LogP contribution in [-0.4, -0.2) is 23.8 Å².